The van der Waals surface area contributed by atoms with E-state index in [4.69, 9.17) is 10.8 Å². The first kappa shape index (κ1) is 8.39. The molecule has 0 unspecified atom stereocenters. The minimum absolute atomic E-state index is 0.478. The average Bonchev–Trinajstić information content (AvgIpc) is 1.82. The van der Waals surface area contributed by atoms with E-state index in [1.165, 1.54) is 0 Å². The quantitative estimate of drug-likeness (QED) is 0.459. The molecule has 9 heavy (non-hydrogen) atoms. The molecular weight excluding hydrogens is 120 g/mol. The Kier molecular flexibility index (Phi) is 4.00. The first-order chi connectivity index (χ1) is 4.18. The minimum atomic E-state index is -0.940. The second-order valence-corrected chi connectivity index (χ2v) is 1.84. The van der Waals surface area contributed by atoms with Crippen LogP contribution in [-0.2, 0) is 4.79 Å². The zero-order valence-electron chi connectivity index (χ0n) is 5.42. The van der Waals surface area contributed by atoms with Crippen LogP contribution >= 0.6 is 0 Å². The highest BCUT2D eigenvalue weighted by molar-refractivity contribution is 5.72. The van der Waals surface area contributed by atoms with Crippen LogP contribution in [0.15, 0.2) is 0 Å². The summed E-state index contributed by atoms with van der Waals surface area (Å²) in [7, 11) is 1.76. The molecule has 0 aliphatic heterocycles. The number of carboxylic acids is 1. The lowest BCUT2D eigenvalue weighted by Crippen LogP contribution is -2.32. The van der Waals surface area contributed by atoms with Gasteiger partial charge in [0.05, 0.1) is 0 Å². The lowest BCUT2D eigenvalue weighted by atomic mass is 10.2. The Labute approximate surface area is 54.0 Å². The number of hydrogen-bond acceptors (Lipinski definition) is 3. The Morgan fingerprint density at radius 2 is 2.44 bits per heavy atom. The van der Waals surface area contributed by atoms with Crippen LogP contribution < -0.4 is 11.1 Å². The molecule has 0 spiro atoms. The number of nitrogens with two attached hydrogens (primary N) is 1. The van der Waals surface area contributed by atoms with Crippen LogP contribution in [0.4, 0.5) is 0 Å². The summed E-state index contributed by atoms with van der Waals surface area (Å²) in [6, 6.07) is -0.725. The van der Waals surface area contributed by atoms with Gasteiger partial charge in [0.15, 0.2) is 0 Å². The summed E-state index contributed by atoms with van der Waals surface area (Å²) in [5.74, 6) is -0.940. The summed E-state index contributed by atoms with van der Waals surface area (Å²) in [6.45, 7) is 0.646. The van der Waals surface area contributed by atoms with E-state index < -0.39 is 12.0 Å². The monoisotopic (exact) mass is 132 g/mol. The summed E-state index contributed by atoms with van der Waals surface area (Å²) in [5.41, 5.74) is 5.16. The smallest absolute Gasteiger partial charge is 0.320 e. The number of nitrogens with one attached hydrogen (secondary N) is 1. The van der Waals surface area contributed by atoms with Crippen LogP contribution in [0.25, 0.3) is 0 Å². The topological polar surface area (TPSA) is 75.3 Å². The first-order valence-corrected chi connectivity index (χ1v) is 2.81. The summed E-state index contributed by atoms with van der Waals surface area (Å²) in [4.78, 5) is 10.1. The maximum atomic E-state index is 10.1. The number of aliphatic carboxylic acids is 1. The van der Waals surface area contributed by atoms with E-state index in [9.17, 15) is 4.79 Å². The fourth-order valence-corrected chi connectivity index (χ4v) is 0.423. The largest absolute Gasteiger partial charge is 0.480 e. The Bertz CT molecular complexity index is 95.0. The van der Waals surface area contributed by atoms with E-state index in [2.05, 4.69) is 5.32 Å². The van der Waals surface area contributed by atoms with E-state index in [0.29, 0.717) is 13.0 Å². The van der Waals surface area contributed by atoms with Crippen molar-refractivity contribution in [1.82, 2.24) is 5.32 Å². The standard InChI is InChI=1S/C5H12N2O2/c1-7-3-2-4(6)5(8)9/h4,7H,2-3,6H2,1H3,(H,8,9)/t4-/m1/s1. The molecule has 0 aromatic heterocycles. The van der Waals surface area contributed by atoms with Gasteiger partial charge in [-0.1, -0.05) is 0 Å². The van der Waals surface area contributed by atoms with Crippen LogP contribution in [0.1, 0.15) is 6.42 Å². The molecule has 4 N–H and O–H groups in total. The second kappa shape index (κ2) is 4.29. The van der Waals surface area contributed by atoms with Gasteiger partial charge < -0.3 is 16.2 Å². The van der Waals surface area contributed by atoms with Crippen molar-refractivity contribution in [1.29, 1.82) is 0 Å². The van der Waals surface area contributed by atoms with Crippen molar-refractivity contribution in [2.45, 2.75) is 12.5 Å². The van der Waals surface area contributed by atoms with Gasteiger partial charge in [0.2, 0.25) is 0 Å². The molecule has 0 saturated carbocycles. The van der Waals surface area contributed by atoms with Crippen LogP contribution in [0.2, 0.25) is 0 Å². The Morgan fingerprint density at radius 1 is 1.89 bits per heavy atom. The lowest BCUT2D eigenvalue weighted by Gasteiger charge is -2.03. The van der Waals surface area contributed by atoms with Gasteiger partial charge in [-0.25, -0.2) is 0 Å². The third kappa shape index (κ3) is 3.93. The summed E-state index contributed by atoms with van der Waals surface area (Å²) in [5, 5.41) is 11.1. The van der Waals surface area contributed by atoms with Gasteiger partial charge in [-0.3, -0.25) is 4.79 Å². The van der Waals surface area contributed by atoms with Gasteiger partial charge in [-0.2, -0.15) is 0 Å². The molecule has 0 aliphatic carbocycles. The fourth-order valence-electron chi connectivity index (χ4n) is 0.423. The fraction of sp³-hybridized carbons (Fsp3) is 0.800. The van der Waals surface area contributed by atoms with Gasteiger partial charge >= 0.3 is 5.97 Å². The normalized spacial score (nSPS) is 13.1. The van der Waals surface area contributed by atoms with Gasteiger partial charge in [0, 0.05) is 0 Å². The highest BCUT2D eigenvalue weighted by Crippen LogP contribution is 1.83. The predicted octanol–water partition coefficient (Wildman–Crippen LogP) is -0.992. The van der Waals surface area contributed by atoms with Crippen LogP contribution in [-0.4, -0.2) is 30.7 Å². The Hall–Kier alpha value is -0.610. The third-order valence-corrected chi connectivity index (χ3v) is 1.02. The molecule has 0 heterocycles. The molecule has 4 nitrogen and oxygen atoms in total. The summed E-state index contributed by atoms with van der Waals surface area (Å²) >= 11 is 0. The van der Waals surface area contributed by atoms with E-state index in [-0.39, 0.29) is 0 Å². The molecule has 0 radical (unpaired) electrons. The zero-order valence-corrected chi connectivity index (χ0v) is 5.42. The molecule has 0 rings (SSSR count). The first-order valence-electron chi connectivity index (χ1n) is 2.81. The third-order valence-electron chi connectivity index (χ3n) is 1.02. The van der Waals surface area contributed by atoms with Crippen molar-refractivity contribution < 1.29 is 9.90 Å². The van der Waals surface area contributed by atoms with E-state index in [1.54, 1.807) is 7.05 Å². The molecule has 0 aliphatic rings. The maximum absolute atomic E-state index is 10.1. The Morgan fingerprint density at radius 3 is 2.78 bits per heavy atom. The van der Waals surface area contributed by atoms with E-state index in [0.717, 1.165) is 0 Å². The van der Waals surface area contributed by atoms with Gasteiger partial charge in [0.25, 0.3) is 0 Å². The maximum Gasteiger partial charge on any atom is 0.320 e. The predicted molar refractivity (Wildman–Crippen MR) is 34.2 cm³/mol. The average molecular weight is 132 g/mol. The molecule has 0 fully saturated rings. The molecule has 0 saturated heterocycles. The van der Waals surface area contributed by atoms with Gasteiger partial charge in [0.1, 0.15) is 6.04 Å². The molecule has 0 bridgehead atoms. The molecule has 0 aromatic rings. The van der Waals surface area contributed by atoms with Crippen molar-refractivity contribution in [3.8, 4) is 0 Å². The molecule has 54 valence electrons. The highest BCUT2D eigenvalue weighted by Gasteiger charge is 2.08. The van der Waals surface area contributed by atoms with Crippen LogP contribution in [0.5, 0.6) is 0 Å². The van der Waals surface area contributed by atoms with E-state index >= 15 is 0 Å². The van der Waals surface area contributed by atoms with Crippen molar-refractivity contribution in [3.05, 3.63) is 0 Å². The van der Waals surface area contributed by atoms with Crippen molar-refractivity contribution in [2.24, 2.45) is 5.73 Å². The number of carbonyl (C=O) groups is 1. The van der Waals surface area contributed by atoms with Gasteiger partial charge in [-0.15, -0.1) is 0 Å². The summed E-state index contributed by atoms with van der Waals surface area (Å²) < 4.78 is 0. The number of hydrogen-bond donors (Lipinski definition) is 3. The van der Waals surface area contributed by atoms with Crippen LogP contribution in [0, 0.1) is 0 Å². The molecule has 0 aromatic carbocycles. The number of rotatable bonds is 4. The Balaban J connectivity index is 3.27. The zero-order chi connectivity index (χ0) is 7.28. The molecule has 1 atom stereocenters. The van der Waals surface area contributed by atoms with Crippen molar-refractivity contribution in [3.63, 3.8) is 0 Å². The van der Waals surface area contributed by atoms with Crippen LogP contribution in [0.3, 0.4) is 0 Å². The van der Waals surface area contributed by atoms with E-state index in [1.807, 2.05) is 0 Å². The van der Waals surface area contributed by atoms with Crippen molar-refractivity contribution >= 4 is 5.97 Å². The van der Waals surface area contributed by atoms with Gasteiger partial charge in [-0.05, 0) is 20.0 Å². The lowest BCUT2D eigenvalue weighted by molar-refractivity contribution is -0.138. The molecular formula is C5H12N2O2. The highest BCUT2D eigenvalue weighted by atomic mass is 16.4. The minimum Gasteiger partial charge on any atom is -0.480 e. The summed E-state index contributed by atoms with van der Waals surface area (Å²) in [6.07, 6.45) is 0.478. The number of carboxylic acid groups (broad SMARTS) is 1. The molecule has 4 heteroatoms. The second-order valence-electron chi connectivity index (χ2n) is 1.84. The SMILES string of the molecule is CNCC[C@@H](N)C(=O)O. The van der Waals surface area contributed by atoms with Crippen molar-refractivity contribution in [2.75, 3.05) is 13.6 Å². The molecule has 0 amide bonds.